The molecule has 2 N–H and O–H groups in total. The molecule has 0 saturated carbocycles. The minimum Gasteiger partial charge on any atom is -0.452 e. The summed E-state index contributed by atoms with van der Waals surface area (Å²) in [6.45, 7) is 2.71. The predicted octanol–water partition coefficient (Wildman–Crippen LogP) is 2.45. The van der Waals surface area contributed by atoms with Gasteiger partial charge in [-0.05, 0) is 35.7 Å². The Morgan fingerprint density at radius 3 is 2.84 bits per heavy atom. The largest absolute Gasteiger partial charge is 0.452 e. The van der Waals surface area contributed by atoms with Gasteiger partial charge in [-0.15, -0.1) is 0 Å². The first-order chi connectivity index (χ1) is 8.96. The summed E-state index contributed by atoms with van der Waals surface area (Å²) in [5.41, 5.74) is 5.48. The van der Waals surface area contributed by atoms with E-state index in [4.69, 9.17) is 10.2 Å². The van der Waals surface area contributed by atoms with Crippen molar-refractivity contribution in [2.45, 2.75) is 50.1 Å². The summed E-state index contributed by atoms with van der Waals surface area (Å²) >= 11 is 3.17. The standard InChI is InChI=1S/C12H19BrN2O3S/c1-9-5-3-2-4-6-15(9)19(16,17)11-7-10(8-14)18-12(11)13/h7,9H,2-6,8,14H2,1H3. The normalized spacial score (nSPS) is 22.4. The molecule has 2 rings (SSSR count). The van der Waals surface area contributed by atoms with E-state index < -0.39 is 10.0 Å². The lowest BCUT2D eigenvalue weighted by Crippen LogP contribution is -2.38. The lowest BCUT2D eigenvalue weighted by Gasteiger charge is -2.25. The average molecular weight is 351 g/mol. The molecule has 1 aliphatic heterocycles. The number of furan rings is 1. The zero-order valence-electron chi connectivity index (χ0n) is 10.9. The maximum Gasteiger partial charge on any atom is 0.247 e. The van der Waals surface area contributed by atoms with Gasteiger partial charge in [0.2, 0.25) is 10.0 Å². The fourth-order valence-electron chi connectivity index (χ4n) is 2.41. The Bertz CT molecular complexity index is 541. The van der Waals surface area contributed by atoms with Crippen molar-refractivity contribution in [1.82, 2.24) is 4.31 Å². The second-order valence-corrected chi connectivity index (χ2v) is 7.45. The van der Waals surface area contributed by atoms with Crippen LogP contribution in [0.15, 0.2) is 20.0 Å². The van der Waals surface area contributed by atoms with E-state index >= 15 is 0 Å². The fourth-order valence-corrected chi connectivity index (χ4v) is 5.07. The molecule has 1 atom stereocenters. The van der Waals surface area contributed by atoms with Gasteiger partial charge in [0.25, 0.3) is 0 Å². The lowest BCUT2D eigenvalue weighted by molar-refractivity contribution is 0.341. The van der Waals surface area contributed by atoms with Crippen LogP contribution in [0.5, 0.6) is 0 Å². The van der Waals surface area contributed by atoms with Crippen LogP contribution < -0.4 is 5.73 Å². The van der Waals surface area contributed by atoms with Crippen LogP contribution >= 0.6 is 15.9 Å². The molecule has 108 valence electrons. The molecule has 0 bridgehead atoms. The molecule has 0 aromatic carbocycles. The molecule has 5 nitrogen and oxygen atoms in total. The number of hydrogen-bond acceptors (Lipinski definition) is 4. The topological polar surface area (TPSA) is 76.5 Å². The highest BCUT2D eigenvalue weighted by atomic mass is 79.9. The second-order valence-electron chi connectivity index (χ2n) is 4.87. The Hall–Kier alpha value is -0.370. The Morgan fingerprint density at radius 1 is 1.47 bits per heavy atom. The smallest absolute Gasteiger partial charge is 0.247 e. The number of halogens is 1. The van der Waals surface area contributed by atoms with Gasteiger partial charge in [-0.3, -0.25) is 0 Å². The van der Waals surface area contributed by atoms with Gasteiger partial charge in [0.1, 0.15) is 10.7 Å². The summed E-state index contributed by atoms with van der Waals surface area (Å²) < 4.78 is 32.5. The van der Waals surface area contributed by atoms with E-state index in [-0.39, 0.29) is 22.2 Å². The summed E-state index contributed by atoms with van der Waals surface area (Å²) in [6.07, 6.45) is 3.96. The predicted molar refractivity (Wildman–Crippen MR) is 76.1 cm³/mol. The second kappa shape index (κ2) is 5.95. The minimum atomic E-state index is -3.52. The average Bonchev–Trinajstić information content (AvgIpc) is 2.61. The Morgan fingerprint density at radius 2 is 2.21 bits per heavy atom. The fraction of sp³-hybridized carbons (Fsp3) is 0.667. The van der Waals surface area contributed by atoms with Crippen molar-refractivity contribution in [3.05, 3.63) is 16.5 Å². The third kappa shape index (κ3) is 3.04. The van der Waals surface area contributed by atoms with Gasteiger partial charge in [0.05, 0.1) is 6.54 Å². The van der Waals surface area contributed by atoms with E-state index in [9.17, 15) is 8.42 Å². The van der Waals surface area contributed by atoms with Crippen LogP contribution in [-0.4, -0.2) is 25.3 Å². The zero-order chi connectivity index (χ0) is 14.0. The third-order valence-electron chi connectivity index (χ3n) is 3.49. The monoisotopic (exact) mass is 350 g/mol. The highest BCUT2D eigenvalue weighted by Gasteiger charge is 2.33. The zero-order valence-corrected chi connectivity index (χ0v) is 13.3. The van der Waals surface area contributed by atoms with Gasteiger partial charge in [-0.25, -0.2) is 8.42 Å². The number of rotatable bonds is 3. The number of hydrogen-bond donors (Lipinski definition) is 1. The van der Waals surface area contributed by atoms with E-state index in [0.29, 0.717) is 12.3 Å². The minimum absolute atomic E-state index is 0.0237. The quantitative estimate of drug-likeness (QED) is 0.908. The van der Waals surface area contributed by atoms with Crippen LogP contribution in [0.3, 0.4) is 0 Å². The van der Waals surface area contributed by atoms with Crippen molar-refractivity contribution in [1.29, 1.82) is 0 Å². The van der Waals surface area contributed by atoms with Crippen molar-refractivity contribution < 1.29 is 12.8 Å². The van der Waals surface area contributed by atoms with Crippen LogP contribution in [0.1, 0.15) is 38.4 Å². The highest BCUT2D eigenvalue weighted by molar-refractivity contribution is 9.10. The summed E-state index contributed by atoms with van der Waals surface area (Å²) in [4.78, 5) is 0.182. The SMILES string of the molecule is CC1CCCCCN1S(=O)(=O)c1cc(CN)oc1Br. The van der Waals surface area contributed by atoms with Crippen molar-refractivity contribution in [3.8, 4) is 0 Å². The summed E-state index contributed by atoms with van der Waals surface area (Å²) in [6, 6.07) is 1.53. The maximum atomic E-state index is 12.7. The molecule has 1 unspecified atom stereocenters. The molecule has 19 heavy (non-hydrogen) atoms. The Kier molecular flexibility index (Phi) is 4.70. The molecule has 1 aromatic rings. The number of sulfonamides is 1. The summed E-state index contributed by atoms with van der Waals surface area (Å²) in [5.74, 6) is 0.466. The number of nitrogens with zero attached hydrogens (tertiary/aromatic N) is 1. The van der Waals surface area contributed by atoms with Gasteiger partial charge >= 0.3 is 0 Å². The first-order valence-electron chi connectivity index (χ1n) is 6.47. The van der Waals surface area contributed by atoms with E-state index in [0.717, 1.165) is 25.7 Å². The molecule has 1 fully saturated rings. The summed E-state index contributed by atoms with van der Waals surface area (Å²) in [5, 5.41) is 0. The van der Waals surface area contributed by atoms with Gasteiger partial charge in [-0.1, -0.05) is 12.8 Å². The highest BCUT2D eigenvalue weighted by Crippen LogP contribution is 2.31. The molecule has 0 spiro atoms. The van der Waals surface area contributed by atoms with Crippen LogP contribution in [-0.2, 0) is 16.6 Å². The molecule has 0 radical (unpaired) electrons. The molecular weight excluding hydrogens is 332 g/mol. The molecule has 0 amide bonds. The van der Waals surface area contributed by atoms with Crippen LogP contribution in [0, 0.1) is 0 Å². The third-order valence-corrected chi connectivity index (χ3v) is 6.36. The molecular formula is C12H19BrN2O3S. The molecule has 1 aromatic heterocycles. The molecule has 0 aliphatic carbocycles. The Labute approximate surface area is 122 Å². The maximum absolute atomic E-state index is 12.7. The molecule has 1 aliphatic rings. The molecule has 1 saturated heterocycles. The van der Waals surface area contributed by atoms with E-state index in [2.05, 4.69) is 15.9 Å². The van der Waals surface area contributed by atoms with Crippen LogP contribution in [0.4, 0.5) is 0 Å². The van der Waals surface area contributed by atoms with Gasteiger partial charge in [0, 0.05) is 18.7 Å². The summed E-state index contributed by atoms with van der Waals surface area (Å²) in [7, 11) is -3.52. The van der Waals surface area contributed by atoms with Crippen molar-refractivity contribution in [2.24, 2.45) is 5.73 Å². The number of nitrogens with two attached hydrogens (primary N) is 1. The van der Waals surface area contributed by atoms with Crippen LogP contribution in [0.25, 0.3) is 0 Å². The first-order valence-corrected chi connectivity index (χ1v) is 8.70. The van der Waals surface area contributed by atoms with Gasteiger partial charge in [-0.2, -0.15) is 4.31 Å². The van der Waals surface area contributed by atoms with Gasteiger partial charge in [0.15, 0.2) is 4.67 Å². The van der Waals surface area contributed by atoms with E-state index in [1.165, 1.54) is 6.07 Å². The van der Waals surface area contributed by atoms with Crippen LogP contribution in [0.2, 0.25) is 0 Å². The Balaban J connectivity index is 2.37. The lowest BCUT2D eigenvalue weighted by atomic mass is 10.1. The van der Waals surface area contributed by atoms with Crippen molar-refractivity contribution in [2.75, 3.05) is 6.54 Å². The van der Waals surface area contributed by atoms with Crippen molar-refractivity contribution >= 4 is 26.0 Å². The van der Waals surface area contributed by atoms with Crippen molar-refractivity contribution in [3.63, 3.8) is 0 Å². The van der Waals surface area contributed by atoms with Gasteiger partial charge < -0.3 is 10.2 Å². The molecule has 2 heterocycles. The first kappa shape index (κ1) is 15.0. The molecule has 7 heteroatoms. The van der Waals surface area contributed by atoms with E-state index in [1.807, 2.05) is 6.92 Å². The van der Waals surface area contributed by atoms with E-state index in [1.54, 1.807) is 4.31 Å².